The van der Waals surface area contributed by atoms with Crippen LogP contribution < -0.4 is 5.73 Å². The van der Waals surface area contributed by atoms with E-state index in [1.807, 2.05) is 0 Å². The highest BCUT2D eigenvalue weighted by atomic mass is 16.2. The lowest BCUT2D eigenvalue weighted by Gasteiger charge is -2.36. The molecule has 1 aliphatic carbocycles. The molecule has 0 unspecified atom stereocenters. The highest BCUT2D eigenvalue weighted by Crippen LogP contribution is 2.36. The van der Waals surface area contributed by atoms with Crippen molar-refractivity contribution in [2.24, 2.45) is 11.1 Å². The van der Waals surface area contributed by atoms with Crippen molar-refractivity contribution in [1.29, 1.82) is 0 Å². The Bertz CT molecular complexity index is 243. The Kier molecular flexibility index (Phi) is 5.44. The van der Waals surface area contributed by atoms with Crippen molar-refractivity contribution < 1.29 is 4.79 Å². The first-order valence-electron chi connectivity index (χ1n) is 7.16. The molecule has 1 amide bonds. The third-order valence-electron chi connectivity index (χ3n) is 3.89. The number of hydrogen-bond donors (Lipinski definition) is 1. The number of amides is 1. The van der Waals surface area contributed by atoms with Gasteiger partial charge in [-0.05, 0) is 32.6 Å². The molecule has 1 rings (SSSR count). The monoisotopic (exact) mass is 240 g/mol. The lowest BCUT2D eigenvalue weighted by Crippen LogP contribution is -2.49. The smallest absolute Gasteiger partial charge is 0.230 e. The Morgan fingerprint density at radius 1 is 1.24 bits per heavy atom. The van der Waals surface area contributed by atoms with Crippen LogP contribution >= 0.6 is 0 Å². The molecule has 17 heavy (non-hydrogen) atoms. The number of carbonyl (C=O) groups is 1. The molecule has 0 aromatic carbocycles. The third-order valence-corrected chi connectivity index (χ3v) is 3.89. The number of nitrogens with two attached hydrogens (primary N) is 1. The topological polar surface area (TPSA) is 46.3 Å². The van der Waals surface area contributed by atoms with Crippen LogP contribution in [0.1, 0.15) is 59.3 Å². The zero-order valence-corrected chi connectivity index (χ0v) is 11.7. The average Bonchev–Trinajstić information content (AvgIpc) is 3.14. The summed E-state index contributed by atoms with van der Waals surface area (Å²) < 4.78 is 0. The van der Waals surface area contributed by atoms with Gasteiger partial charge in [0.25, 0.3) is 0 Å². The van der Waals surface area contributed by atoms with E-state index in [4.69, 9.17) is 5.73 Å². The van der Waals surface area contributed by atoms with E-state index in [-0.39, 0.29) is 5.41 Å². The lowest BCUT2D eigenvalue weighted by molar-refractivity contribution is -0.143. The van der Waals surface area contributed by atoms with E-state index in [0.717, 1.165) is 32.2 Å². The standard InChI is InChI=1S/C14H28N2O/c1-4-9-14(11-15,10-5-2)13(17)16(6-3)12-7-8-12/h12H,4-11,15H2,1-3H3. The zero-order valence-electron chi connectivity index (χ0n) is 11.7. The SMILES string of the molecule is CCCC(CN)(CCC)C(=O)N(CC)C1CC1. The minimum absolute atomic E-state index is 0.290. The summed E-state index contributed by atoms with van der Waals surface area (Å²) in [6.45, 7) is 7.69. The van der Waals surface area contributed by atoms with Crippen LogP contribution in [0.15, 0.2) is 0 Å². The summed E-state index contributed by atoms with van der Waals surface area (Å²) in [4.78, 5) is 14.8. The fraction of sp³-hybridized carbons (Fsp3) is 0.929. The summed E-state index contributed by atoms with van der Waals surface area (Å²) in [5.41, 5.74) is 5.66. The first-order chi connectivity index (χ1) is 8.15. The fourth-order valence-electron chi connectivity index (χ4n) is 2.85. The number of hydrogen-bond acceptors (Lipinski definition) is 2. The fourth-order valence-corrected chi connectivity index (χ4v) is 2.85. The Hall–Kier alpha value is -0.570. The second-order valence-corrected chi connectivity index (χ2v) is 5.31. The van der Waals surface area contributed by atoms with E-state index in [1.165, 1.54) is 12.8 Å². The van der Waals surface area contributed by atoms with Crippen LogP contribution in [-0.2, 0) is 4.79 Å². The van der Waals surface area contributed by atoms with Crippen molar-refractivity contribution in [3.05, 3.63) is 0 Å². The average molecular weight is 240 g/mol. The molecule has 0 bridgehead atoms. The van der Waals surface area contributed by atoms with Crippen molar-refractivity contribution in [3.8, 4) is 0 Å². The maximum atomic E-state index is 12.7. The van der Waals surface area contributed by atoms with Gasteiger partial charge in [-0.3, -0.25) is 4.79 Å². The van der Waals surface area contributed by atoms with Gasteiger partial charge >= 0.3 is 0 Å². The predicted molar refractivity (Wildman–Crippen MR) is 71.7 cm³/mol. The van der Waals surface area contributed by atoms with Gasteiger partial charge in [0.2, 0.25) is 5.91 Å². The van der Waals surface area contributed by atoms with E-state index in [1.54, 1.807) is 0 Å². The second-order valence-electron chi connectivity index (χ2n) is 5.31. The first kappa shape index (κ1) is 14.5. The molecule has 0 spiro atoms. The zero-order chi connectivity index (χ0) is 12.9. The molecule has 1 aliphatic rings. The van der Waals surface area contributed by atoms with Crippen LogP contribution in [0.2, 0.25) is 0 Å². The van der Waals surface area contributed by atoms with E-state index in [0.29, 0.717) is 18.5 Å². The summed E-state index contributed by atoms with van der Waals surface area (Å²) in [5.74, 6) is 0.314. The highest BCUT2D eigenvalue weighted by molar-refractivity contribution is 5.83. The number of nitrogens with zero attached hydrogens (tertiary/aromatic N) is 1. The molecule has 1 fully saturated rings. The van der Waals surface area contributed by atoms with Crippen LogP contribution in [0, 0.1) is 5.41 Å². The van der Waals surface area contributed by atoms with Gasteiger partial charge in [-0.1, -0.05) is 26.7 Å². The molecule has 100 valence electrons. The summed E-state index contributed by atoms with van der Waals surface area (Å²) in [7, 11) is 0. The van der Waals surface area contributed by atoms with Gasteiger partial charge in [-0.2, -0.15) is 0 Å². The summed E-state index contributed by atoms with van der Waals surface area (Å²) in [5, 5.41) is 0. The van der Waals surface area contributed by atoms with Crippen LogP contribution in [-0.4, -0.2) is 29.9 Å². The Morgan fingerprint density at radius 3 is 2.06 bits per heavy atom. The molecule has 0 saturated heterocycles. The van der Waals surface area contributed by atoms with Crippen LogP contribution in [0.3, 0.4) is 0 Å². The quantitative estimate of drug-likeness (QED) is 0.708. The predicted octanol–water partition coefficient (Wildman–Crippen LogP) is 2.54. The molecule has 3 heteroatoms. The van der Waals surface area contributed by atoms with Gasteiger partial charge in [0.15, 0.2) is 0 Å². The first-order valence-corrected chi connectivity index (χ1v) is 7.16. The molecule has 0 aliphatic heterocycles. The van der Waals surface area contributed by atoms with Crippen molar-refractivity contribution in [3.63, 3.8) is 0 Å². The van der Waals surface area contributed by atoms with Crippen molar-refractivity contribution in [2.45, 2.75) is 65.3 Å². The van der Waals surface area contributed by atoms with Crippen molar-refractivity contribution in [2.75, 3.05) is 13.1 Å². The van der Waals surface area contributed by atoms with Crippen molar-refractivity contribution in [1.82, 2.24) is 4.90 Å². The van der Waals surface area contributed by atoms with E-state index >= 15 is 0 Å². The maximum Gasteiger partial charge on any atom is 0.230 e. The second kappa shape index (κ2) is 6.39. The molecule has 0 aromatic heterocycles. The minimum Gasteiger partial charge on any atom is -0.339 e. The van der Waals surface area contributed by atoms with Crippen molar-refractivity contribution >= 4 is 5.91 Å². The van der Waals surface area contributed by atoms with Gasteiger partial charge in [-0.25, -0.2) is 0 Å². The lowest BCUT2D eigenvalue weighted by atomic mass is 9.78. The number of rotatable bonds is 8. The maximum absolute atomic E-state index is 12.7. The van der Waals surface area contributed by atoms with Gasteiger partial charge < -0.3 is 10.6 Å². The van der Waals surface area contributed by atoms with E-state index < -0.39 is 0 Å². The molecule has 0 atom stereocenters. The van der Waals surface area contributed by atoms with Crippen LogP contribution in [0.4, 0.5) is 0 Å². The molecular formula is C14H28N2O. The third kappa shape index (κ3) is 3.21. The Morgan fingerprint density at radius 2 is 1.76 bits per heavy atom. The largest absolute Gasteiger partial charge is 0.339 e. The molecule has 0 heterocycles. The molecule has 0 radical (unpaired) electrons. The Balaban J connectivity index is 2.82. The van der Waals surface area contributed by atoms with Gasteiger partial charge in [-0.15, -0.1) is 0 Å². The highest BCUT2D eigenvalue weighted by Gasteiger charge is 2.42. The summed E-state index contributed by atoms with van der Waals surface area (Å²) in [6.07, 6.45) is 6.28. The van der Waals surface area contributed by atoms with Gasteiger partial charge in [0.05, 0.1) is 5.41 Å². The molecule has 2 N–H and O–H groups in total. The molecule has 3 nitrogen and oxygen atoms in total. The molecule has 0 aromatic rings. The molecular weight excluding hydrogens is 212 g/mol. The summed E-state index contributed by atoms with van der Waals surface area (Å²) >= 11 is 0. The van der Waals surface area contributed by atoms with Gasteiger partial charge in [0, 0.05) is 19.1 Å². The van der Waals surface area contributed by atoms with Crippen LogP contribution in [0.5, 0.6) is 0 Å². The van der Waals surface area contributed by atoms with E-state index in [9.17, 15) is 4.79 Å². The minimum atomic E-state index is -0.290. The van der Waals surface area contributed by atoms with Gasteiger partial charge in [0.1, 0.15) is 0 Å². The van der Waals surface area contributed by atoms with E-state index in [2.05, 4.69) is 25.7 Å². The normalized spacial score (nSPS) is 16.0. The Labute approximate surface area is 106 Å². The number of carbonyl (C=O) groups excluding carboxylic acids is 1. The molecule has 1 saturated carbocycles. The summed E-state index contributed by atoms with van der Waals surface area (Å²) in [6, 6.07) is 0.507. The van der Waals surface area contributed by atoms with Crippen LogP contribution in [0.25, 0.3) is 0 Å².